The van der Waals surface area contributed by atoms with E-state index in [9.17, 15) is 9.59 Å². The molecule has 1 fully saturated rings. The number of thioether (sulfide) groups is 1. The van der Waals surface area contributed by atoms with Gasteiger partial charge >= 0.3 is 0 Å². The van der Waals surface area contributed by atoms with Crippen molar-refractivity contribution in [2.24, 2.45) is 0 Å². The molecule has 7 nitrogen and oxygen atoms in total. The fourth-order valence-corrected chi connectivity index (χ4v) is 4.77. The van der Waals surface area contributed by atoms with Gasteiger partial charge in [-0.2, -0.15) is 0 Å². The van der Waals surface area contributed by atoms with E-state index < -0.39 is 0 Å². The van der Waals surface area contributed by atoms with E-state index in [0.29, 0.717) is 16.5 Å². The number of imide groups is 1. The minimum Gasteiger partial charge on any atom is -0.336 e. The molecule has 2 amide bonds. The van der Waals surface area contributed by atoms with Gasteiger partial charge in [-0.1, -0.05) is 24.3 Å². The Bertz CT molecular complexity index is 1230. The number of nitrogens with zero attached hydrogens (tertiary/aromatic N) is 4. The Morgan fingerprint density at radius 1 is 1.03 bits per heavy atom. The van der Waals surface area contributed by atoms with Crippen LogP contribution >= 0.6 is 11.8 Å². The summed E-state index contributed by atoms with van der Waals surface area (Å²) in [6, 6.07) is 14.6. The molecule has 8 heteroatoms. The van der Waals surface area contributed by atoms with Crippen LogP contribution in [0.4, 0.5) is 10.7 Å². The Hall–Kier alpha value is -3.52. The minimum absolute atomic E-state index is 0.351. The number of carbonyl (C=O) groups is 2. The van der Waals surface area contributed by atoms with Crippen LogP contribution in [0.5, 0.6) is 0 Å². The summed E-state index contributed by atoms with van der Waals surface area (Å²) in [5, 5.41) is 1.91. The summed E-state index contributed by atoms with van der Waals surface area (Å²) in [6.45, 7) is 1.58. The lowest BCUT2D eigenvalue weighted by Crippen LogP contribution is -2.32. The number of anilines is 1. The zero-order valence-corrected chi connectivity index (χ0v) is 18.8. The lowest BCUT2D eigenvalue weighted by atomic mass is 9.95. The maximum Gasteiger partial charge on any atom is 0.290 e. The smallest absolute Gasteiger partial charge is 0.290 e. The first kappa shape index (κ1) is 21.3. The van der Waals surface area contributed by atoms with E-state index in [2.05, 4.69) is 49.4 Å². The second-order valence-electron chi connectivity index (χ2n) is 8.08. The third-order valence-corrected chi connectivity index (χ3v) is 6.59. The molecule has 4 heterocycles. The van der Waals surface area contributed by atoms with Crippen LogP contribution in [0.15, 0.2) is 59.8 Å². The van der Waals surface area contributed by atoms with Crippen LogP contribution in [-0.4, -0.2) is 32.6 Å². The average molecular weight is 458 g/mol. The van der Waals surface area contributed by atoms with E-state index >= 15 is 0 Å². The molecule has 166 valence electrons. The number of rotatable bonds is 6. The van der Waals surface area contributed by atoms with Crippen LogP contribution in [0.1, 0.15) is 34.5 Å². The first-order valence-corrected chi connectivity index (χ1v) is 11.8. The average Bonchev–Trinajstić information content (AvgIpc) is 3.15. The van der Waals surface area contributed by atoms with Gasteiger partial charge in [0, 0.05) is 31.2 Å². The van der Waals surface area contributed by atoms with Gasteiger partial charge in [0.2, 0.25) is 5.95 Å². The first-order valence-electron chi connectivity index (χ1n) is 11.0. The molecule has 1 aromatic carbocycles. The number of benzene rings is 1. The normalized spacial score (nSPS) is 16.7. The van der Waals surface area contributed by atoms with Crippen molar-refractivity contribution < 1.29 is 9.59 Å². The lowest BCUT2D eigenvalue weighted by Gasteiger charge is -2.29. The van der Waals surface area contributed by atoms with Gasteiger partial charge < -0.3 is 4.90 Å². The number of amides is 2. The molecule has 2 aromatic heterocycles. The van der Waals surface area contributed by atoms with E-state index in [4.69, 9.17) is 0 Å². The molecule has 3 aromatic rings. The highest BCUT2D eigenvalue weighted by molar-refractivity contribution is 8.18. The number of pyridine rings is 1. The molecule has 0 saturated carbocycles. The van der Waals surface area contributed by atoms with Crippen LogP contribution in [0.3, 0.4) is 0 Å². The Morgan fingerprint density at radius 3 is 2.79 bits per heavy atom. The fraction of sp³-hybridized carbons (Fsp3) is 0.240. The molecule has 1 N–H and O–H groups in total. The predicted molar refractivity (Wildman–Crippen MR) is 129 cm³/mol. The summed E-state index contributed by atoms with van der Waals surface area (Å²) in [5.41, 5.74) is 5.75. The van der Waals surface area contributed by atoms with Gasteiger partial charge in [0.25, 0.3) is 11.1 Å². The van der Waals surface area contributed by atoms with Crippen molar-refractivity contribution in [3.8, 4) is 0 Å². The molecular weight excluding hydrogens is 434 g/mol. The largest absolute Gasteiger partial charge is 0.336 e. The third-order valence-electron chi connectivity index (χ3n) is 5.78. The number of hydrogen-bond donors (Lipinski definition) is 1. The molecule has 0 radical (unpaired) electrons. The Kier molecular flexibility index (Phi) is 6.17. The van der Waals surface area contributed by atoms with Crippen molar-refractivity contribution >= 4 is 34.9 Å². The zero-order chi connectivity index (χ0) is 22.6. The molecule has 0 spiro atoms. The second-order valence-corrected chi connectivity index (χ2v) is 9.10. The van der Waals surface area contributed by atoms with Crippen molar-refractivity contribution in [1.82, 2.24) is 20.3 Å². The second kappa shape index (κ2) is 9.54. The Labute approximate surface area is 196 Å². The highest BCUT2D eigenvalue weighted by atomic mass is 32.2. The SMILES string of the molecule is O=C1NC(=O)/C(=C/c2ccnc(N3CCc4ccc(CCCc5ccccn5)cc4C3)n2)S1. The first-order chi connectivity index (χ1) is 16.1. The highest BCUT2D eigenvalue weighted by Gasteiger charge is 2.25. The molecule has 0 unspecified atom stereocenters. The Morgan fingerprint density at radius 2 is 1.97 bits per heavy atom. The molecule has 0 atom stereocenters. The van der Waals surface area contributed by atoms with Gasteiger partial charge in [0.1, 0.15) is 0 Å². The van der Waals surface area contributed by atoms with E-state index in [1.54, 1.807) is 18.3 Å². The van der Waals surface area contributed by atoms with Gasteiger partial charge in [-0.25, -0.2) is 9.97 Å². The van der Waals surface area contributed by atoms with Gasteiger partial charge in [0.15, 0.2) is 0 Å². The summed E-state index contributed by atoms with van der Waals surface area (Å²) in [5.74, 6) is 0.248. The predicted octanol–water partition coefficient (Wildman–Crippen LogP) is 3.93. The third kappa shape index (κ3) is 5.12. The van der Waals surface area contributed by atoms with Crippen LogP contribution < -0.4 is 10.2 Å². The molecule has 2 aliphatic heterocycles. The van der Waals surface area contributed by atoms with Crippen molar-refractivity contribution in [3.63, 3.8) is 0 Å². The number of aryl methyl sites for hydroxylation is 2. The highest BCUT2D eigenvalue weighted by Crippen LogP contribution is 2.27. The van der Waals surface area contributed by atoms with Crippen molar-refractivity contribution in [2.75, 3.05) is 11.4 Å². The van der Waals surface area contributed by atoms with Crippen LogP contribution in [0, 0.1) is 0 Å². The van der Waals surface area contributed by atoms with Crippen molar-refractivity contribution in [2.45, 2.75) is 32.2 Å². The van der Waals surface area contributed by atoms with Crippen molar-refractivity contribution in [1.29, 1.82) is 0 Å². The Balaban J connectivity index is 1.27. The summed E-state index contributed by atoms with van der Waals surface area (Å²) in [7, 11) is 0. The molecule has 0 aliphatic carbocycles. The minimum atomic E-state index is -0.382. The van der Waals surface area contributed by atoms with Crippen LogP contribution in [0.2, 0.25) is 0 Å². The summed E-state index contributed by atoms with van der Waals surface area (Å²) < 4.78 is 0. The van der Waals surface area contributed by atoms with Gasteiger partial charge in [-0.05, 0) is 78.4 Å². The van der Waals surface area contributed by atoms with Crippen LogP contribution in [0.25, 0.3) is 6.08 Å². The molecule has 0 bridgehead atoms. The number of aromatic nitrogens is 3. The van der Waals surface area contributed by atoms with Gasteiger partial charge in [-0.15, -0.1) is 0 Å². The molecule has 5 rings (SSSR count). The fourth-order valence-electron chi connectivity index (χ4n) is 4.11. The van der Waals surface area contributed by atoms with Gasteiger partial charge in [-0.3, -0.25) is 19.9 Å². The quantitative estimate of drug-likeness (QED) is 0.561. The maximum atomic E-state index is 11.8. The van der Waals surface area contributed by atoms with Gasteiger partial charge in [0.05, 0.1) is 10.6 Å². The topological polar surface area (TPSA) is 88.1 Å². The standard InChI is InChI=1S/C25H23N5O2S/c31-23-22(33-25(32)29-23)15-21-9-12-27-24(28-21)30-13-10-18-8-7-17(14-19(18)16-30)4-3-6-20-5-1-2-11-26-20/h1-2,5,7-9,11-12,14-15H,3-4,6,10,13,16H2,(H,29,31,32)/b22-15-. The van der Waals surface area contributed by atoms with E-state index in [0.717, 1.165) is 56.2 Å². The number of hydrogen-bond acceptors (Lipinski definition) is 7. The van der Waals surface area contributed by atoms with Crippen LogP contribution in [-0.2, 0) is 30.6 Å². The molecule has 1 saturated heterocycles. The zero-order valence-electron chi connectivity index (χ0n) is 18.0. The van der Waals surface area contributed by atoms with E-state index in [1.165, 1.54) is 16.7 Å². The summed E-state index contributed by atoms with van der Waals surface area (Å²) in [6.07, 6.45) is 9.16. The summed E-state index contributed by atoms with van der Waals surface area (Å²) >= 11 is 0.891. The molecule has 33 heavy (non-hydrogen) atoms. The maximum absolute atomic E-state index is 11.8. The monoisotopic (exact) mass is 457 g/mol. The van der Waals surface area contributed by atoms with E-state index in [-0.39, 0.29) is 11.1 Å². The lowest BCUT2D eigenvalue weighted by molar-refractivity contribution is -0.115. The van der Waals surface area contributed by atoms with E-state index in [1.807, 2.05) is 18.3 Å². The molecular formula is C25H23N5O2S. The summed E-state index contributed by atoms with van der Waals surface area (Å²) in [4.78, 5) is 39.2. The van der Waals surface area contributed by atoms with Crippen molar-refractivity contribution in [3.05, 3.63) is 87.8 Å². The molecule has 2 aliphatic rings. The number of nitrogens with one attached hydrogen (secondary N) is 1. The number of fused-ring (bicyclic) bond motifs is 1. The number of carbonyl (C=O) groups excluding carboxylic acids is 2.